The summed E-state index contributed by atoms with van der Waals surface area (Å²) in [6.07, 6.45) is 1.68. The summed E-state index contributed by atoms with van der Waals surface area (Å²) in [6, 6.07) is 19.1. The van der Waals surface area contributed by atoms with Crippen LogP contribution in [0.15, 0.2) is 54.6 Å². The first-order valence-electron chi connectivity index (χ1n) is 9.26. The van der Waals surface area contributed by atoms with E-state index in [2.05, 4.69) is 55.1 Å². The third-order valence-corrected chi connectivity index (χ3v) is 4.99. The highest BCUT2D eigenvalue weighted by molar-refractivity contribution is 5.76. The van der Waals surface area contributed by atoms with Gasteiger partial charge in [0.05, 0.1) is 0 Å². The summed E-state index contributed by atoms with van der Waals surface area (Å²) >= 11 is 0. The Balaban J connectivity index is 1.55. The molecule has 0 saturated heterocycles. The molecule has 0 aromatic heterocycles. The van der Waals surface area contributed by atoms with Crippen LogP contribution in [0, 0.1) is 0 Å². The van der Waals surface area contributed by atoms with Crippen LogP contribution in [0.2, 0.25) is 0 Å². The van der Waals surface area contributed by atoms with E-state index in [1.54, 1.807) is 0 Å². The Morgan fingerprint density at radius 3 is 2.44 bits per heavy atom. The van der Waals surface area contributed by atoms with Crippen molar-refractivity contribution in [2.24, 2.45) is 0 Å². The molecule has 0 bridgehead atoms. The fraction of sp³-hybridized carbons (Fsp3) is 0.409. The lowest BCUT2D eigenvalue weighted by molar-refractivity contribution is -0.134. The lowest BCUT2D eigenvalue weighted by Gasteiger charge is -2.31. The Morgan fingerprint density at radius 2 is 1.72 bits per heavy atom. The van der Waals surface area contributed by atoms with Crippen LogP contribution in [0.1, 0.15) is 37.0 Å². The van der Waals surface area contributed by atoms with Crippen molar-refractivity contribution in [3.05, 3.63) is 71.3 Å². The van der Waals surface area contributed by atoms with Crippen molar-refractivity contribution in [1.82, 2.24) is 9.80 Å². The maximum atomic E-state index is 12.8. The minimum Gasteiger partial charge on any atom is -0.336 e. The molecule has 0 fully saturated rings. The summed E-state index contributed by atoms with van der Waals surface area (Å²) in [4.78, 5) is 17.2. The molecule has 132 valence electrons. The van der Waals surface area contributed by atoms with Gasteiger partial charge in [0.1, 0.15) is 0 Å². The van der Waals surface area contributed by atoms with Crippen LogP contribution in [0.3, 0.4) is 0 Å². The Morgan fingerprint density at radius 1 is 1.04 bits per heavy atom. The van der Waals surface area contributed by atoms with Gasteiger partial charge < -0.3 is 4.90 Å². The van der Waals surface area contributed by atoms with Crippen molar-refractivity contribution >= 4 is 5.91 Å². The first-order valence-corrected chi connectivity index (χ1v) is 9.26. The van der Waals surface area contributed by atoms with Crippen LogP contribution in [0.25, 0.3) is 0 Å². The van der Waals surface area contributed by atoms with Gasteiger partial charge in [-0.2, -0.15) is 0 Å². The fourth-order valence-corrected chi connectivity index (χ4v) is 3.48. The second-order valence-corrected chi connectivity index (χ2v) is 7.15. The van der Waals surface area contributed by atoms with Gasteiger partial charge in [-0.1, -0.05) is 54.6 Å². The molecule has 0 aliphatic carbocycles. The smallest absolute Gasteiger partial charge is 0.224 e. The lowest BCUT2D eigenvalue weighted by Crippen LogP contribution is -2.39. The number of hydrogen-bond acceptors (Lipinski definition) is 2. The molecule has 0 N–H and O–H groups in total. The molecule has 0 unspecified atom stereocenters. The Bertz CT molecular complexity index is 696. The minimum atomic E-state index is 0.217. The average Bonchev–Trinajstić information content (AvgIpc) is 2.64. The molecule has 0 saturated carbocycles. The molecular formula is C22H28N2O. The van der Waals surface area contributed by atoms with Crippen molar-refractivity contribution in [2.75, 3.05) is 13.1 Å². The van der Waals surface area contributed by atoms with Crippen LogP contribution < -0.4 is 0 Å². The number of fused-ring (bicyclic) bond motifs is 1. The van der Waals surface area contributed by atoms with Crippen LogP contribution >= 0.6 is 0 Å². The van der Waals surface area contributed by atoms with Gasteiger partial charge in [-0.3, -0.25) is 9.69 Å². The average molecular weight is 336 g/mol. The second-order valence-electron chi connectivity index (χ2n) is 7.15. The number of amides is 1. The number of hydrogen-bond donors (Lipinski definition) is 0. The molecule has 1 aliphatic rings. The molecule has 0 spiro atoms. The first kappa shape index (κ1) is 17.7. The van der Waals surface area contributed by atoms with Gasteiger partial charge in [0, 0.05) is 38.6 Å². The minimum absolute atomic E-state index is 0.217. The third kappa shape index (κ3) is 4.70. The van der Waals surface area contributed by atoms with Crippen LogP contribution in [-0.2, 0) is 24.3 Å². The van der Waals surface area contributed by atoms with E-state index in [0.717, 1.165) is 26.1 Å². The number of carbonyl (C=O) groups is 1. The number of rotatable bonds is 6. The summed E-state index contributed by atoms with van der Waals surface area (Å²) in [5.41, 5.74) is 4.06. The van der Waals surface area contributed by atoms with E-state index in [1.165, 1.54) is 16.7 Å². The second kappa shape index (κ2) is 8.30. The molecule has 3 rings (SSSR count). The number of carbonyl (C=O) groups excluding carboxylic acids is 1. The maximum Gasteiger partial charge on any atom is 0.224 e. The highest BCUT2D eigenvalue weighted by Gasteiger charge is 2.20. The quantitative estimate of drug-likeness (QED) is 0.799. The van der Waals surface area contributed by atoms with Gasteiger partial charge in [0.2, 0.25) is 5.91 Å². The zero-order valence-electron chi connectivity index (χ0n) is 15.3. The number of nitrogens with zero attached hydrogens (tertiary/aromatic N) is 2. The van der Waals surface area contributed by atoms with Crippen molar-refractivity contribution in [1.29, 1.82) is 0 Å². The van der Waals surface area contributed by atoms with E-state index < -0.39 is 0 Å². The standard InChI is InChI=1S/C22H28N2O/c1-18(2)24(16-19-8-4-3-5-9-19)22(25)13-15-23-14-12-20-10-6-7-11-21(20)17-23/h3-11,18H,12-17H2,1-2H3. The molecule has 0 radical (unpaired) electrons. The molecule has 3 nitrogen and oxygen atoms in total. The Hall–Kier alpha value is -2.13. The van der Waals surface area contributed by atoms with Crippen molar-refractivity contribution < 1.29 is 4.79 Å². The monoisotopic (exact) mass is 336 g/mol. The van der Waals surface area contributed by atoms with Gasteiger partial charge in [-0.25, -0.2) is 0 Å². The van der Waals surface area contributed by atoms with Gasteiger partial charge in [-0.15, -0.1) is 0 Å². The molecular weight excluding hydrogens is 308 g/mol. The number of benzene rings is 2. The lowest BCUT2D eigenvalue weighted by atomic mass is 10.00. The van der Waals surface area contributed by atoms with E-state index >= 15 is 0 Å². The predicted molar refractivity (Wildman–Crippen MR) is 102 cm³/mol. The Kier molecular flexibility index (Phi) is 5.87. The molecule has 1 heterocycles. The maximum absolute atomic E-state index is 12.8. The fourth-order valence-electron chi connectivity index (χ4n) is 3.48. The van der Waals surface area contributed by atoms with Gasteiger partial charge in [0.25, 0.3) is 0 Å². The molecule has 25 heavy (non-hydrogen) atoms. The van der Waals surface area contributed by atoms with Gasteiger partial charge in [-0.05, 0) is 37.0 Å². The highest BCUT2D eigenvalue weighted by atomic mass is 16.2. The van der Waals surface area contributed by atoms with Crippen molar-refractivity contribution in [2.45, 2.75) is 45.8 Å². The zero-order chi connectivity index (χ0) is 17.6. The van der Waals surface area contributed by atoms with Crippen molar-refractivity contribution in [3.8, 4) is 0 Å². The van der Waals surface area contributed by atoms with Gasteiger partial charge in [0.15, 0.2) is 0 Å². The predicted octanol–water partition coefficient (Wildman–Crippen LogP) is 3.87. The summed E-state index contributed by atoms with van der Waals surface area (Å²) in [6.45, 7) is 7.73. The largest absolute Gasteiger partial charge is 0.336 e. The van der Waals surface area contributed by atoms with Crippen molar-refractivity contribution in [3.63, 3.8) is 0 Å². The molecule has 1 amide bonds. The van der Waals surface area contributed by atoms with E-state index in [9.17, 15) is 4.79 Å². The van der Waals surface area contributed by atoms with E-state index in [0.29, 0.717) is 13.0 Å². The van der Waals surface area contributed by atoms with E-state index in [-0.39, 0.29) is 11.9 Å². The van der Waals surface area contributed by atoms with E-state index in [1.807, 2.05) is 23.1 Å². The van der Waals surface area contributed by atoms with Crippen LogP contribution in [0.5, 0.6) is 0 Å². The van der Waals surface area contributed by atoms with E-state index in [4.69, 9.17) is 0 Å². The van der Waals surface area contributed by atoms with Crippen LogP contribution in [0.4, 0.5) is 0 Å². The molecule has 3 heteroatoms. The molecule has 2 aromatic rings. The summed E-state index contributed by atoms with van der Waals surface area (Å²) in [5, 5.41) is 0. The van der Waals surface area contributed by atoms with Crippen LogP contribution in [-0.4, -0.2) is 34.8 Å². The van der Waals surface area contributed by atoms with Gasteiger partial charge >= 0.3 is 0 Å². The highest BCUT2D eigenvalue weighted by Crippen LogP contribution is 2.19. The molecule has 2 aromatic carbocycles. The third-order valence-electron chi connectivity index (χ3n) is 4.99. The summed E-state index contributed by atoms with van der Waals surface area (Å²) in [7, 11) is 0. The molecule has 0 atom stereocenters. The topological polar surface area (TPSA) is 23.6 Å². The summed E-state index contributed by atoms with van der Waals surface area (Å²) < 4.78 is 0. The first-order chi connectivity index (χ1) is 12.1. The zero-order valence-corrected chi connectivity index (χ0v) is 15.3. The summed E-state index contributed by atoms with van der Waals surface area (Å²) in [5.74, 6) is 0.248. The SMILES string of the molecule is CC(C)N(Cc1ccccc1)C(=O)CCN1CCc2ccccc2C1. The normalized spacial score (nSPS) is 14.4. The Labute approximate surface area is 151 Å². The molecule has 1 aliphatic heterocycles.